The predicted octanol–water partition coefficient (Wildman–Crippen LogP) is 2.72. The summed E-state index contributed by atoms with van der Waals surface area (Å²) in [6.45, 7) is 3.20. The van der Waals surface area contributed by atoms with Crippen LogP contribution in [-0.4, -0.2) is 38.8 Å². The third-order valence-corrected chi connectivity index (χ3v) is 6.04. The van der Waals surface area contributed by atoms with E-state index in [1.165, 1.54) is 12.1 Å². The molecule has 0 unspecified atom stereocenters. The number of halogens is 1. The third-order valence-electron chi connectivity index (χ3n) is 4.11. The number of carbonyl (C=O) groups is 1. The number of amides is 1. The Morgan fingerprint density at radius 1 is 1.19 bits per heavy atom. The highest BCUT2D eigenvalue weighted by Crippen LogP contribution is 2.24. The Hall–Kier alpha value is -2.45. The first kappa shape index (κ1) is 20.9. The molecule has 0 saturated carbocycles. The van der Waals surface area contributed by atoms with Crippen molar-refractivity contribution in [2.45, 2.75) is 24.8 Å². The van der Waals surface area contributed by atoms with Crippen molar-refractivity contribution in [1.82, 2.24) is 9.62 Å². The maximum Gasteiger partial charge on any atom is 0.243 e. The monoisotopic (exact) mass is 394 g/mol. The van der Waals surface area contributed by atoms with E-state index >= 15 is 0 Å². The zero-order valence-electron chi connectivity index (χ0n) is 15.5. The molecule has 0 fully saturated rings. The Morgan fingerprint density at radius 3 is 2.41 bits per heavy atom. The number of rotatable bonds is 8. The summed E-state index contributed by atoms with van der Waals surface area (Å²) in [6, 6.07) is 11.4. The Kier molecular flexibility index (Phi) is 6.92. The van der Waals surface area contributed by atoms with Crippen LogP contribution in [-0.2, 0) is 14.8 Å². The molecule has 0 aromatic heterocycles. The zero-order valence-corrected chi connectivity index (χ0v) is 16.3. The molecular weight excluding hydrogens is 371 g/mol. The van der Waals surface area contributed by atoms with E-state index in [4.69, 9.17) is 4.74 Å². The molecule has 0 bridgehead atoms. The van der Waals surface area contributed by atoms with Crippen LogP contribution in [0.1, 0.15) is 25.5 Å². The highest BCUT2D eigenvalue weighted by atomic mass is 32.2. The lowest BCUT2D eigenvalue weighted by atomic mass is 10.1. The van der Waals surface area contributed by atoms with E-state index in [1.54, 1.807) is 27.0 Å². The number of carbonyl (C=O) groups excluding carboxylic acids is 1. The van der Waals surface area contributed by atoms with Gasteiger partial charge in [-0.3, -0.25) is 4.79 Å². The largest absolute Gasteiger partial charge is 0.496 e. The fourth-order valence-electron chi connectivity index (χ4n) is 2.67. The fourth-order valence-corrected chi connectivity index (χ4v) is 4.08. The molecule has 2 aromatic carbocycles. The second-order valence-electron chi connectivity index (χ2n) is 5.92. The molecule has 0 aliphatic rings. The van der Waals surface area contributed by atoms with Gasteiger partial charge in [-0.2, -0.15) is 4.31 Å². The van der Waals surface area contributed by atoms with Gasteiger partial charge in [0.25, 0.3) is 0 Å². The normalized spacial score (nSPS) is 12.6. The Morgan fingerprint density at radius 2 is 1.81 bits per heavy atom. The number of benzene rings is 2. The van der Waals surface area contributed by atoms with Crippen LogP contribution in [0.3, 0.4) is 0 Å². The van der Waals surface area contributed by atoms with E-state index in [0.717, 1.165) is 22.0 Å². The summed E-state index contributed by atoms with van der Waals surface area (Å²) in [6.07, 6.45) is 0. The first-order chi connectivity index (χ1) is 12.8. The second kappa shape index (κ2) is 8.96. The molecule has 1 N–H and O–H groups in total. The molecule has 8 heteroatoms. The Bertz CT molecular complexity index is 885. The van der Waals surface area contributed by atoms with Crippen LogP contribution in [0.2, 0.25) is 0 Å². The van der Waals surface area contributed by atoms with Gasteiger partial charge in [0, 0.05) is 12.1 Å². The van der Waals surface area contributed by atoms with Crippen LogP contribution in [0, 0.1) is 5.82 Å². The number of nitrogens with zero attached hydrogens (tertiary/aromatic N) is 1. The molecule has 27 heavy (non-hydrogen) atoms. The minimum Gasteiger partial charge on any atom is -0.496 e. The number of nitrogens with one attached hydrogen (secondary N) is 1. The molecule has 2 rings (SSSR count). The smallest absolute Gasteiger partial charge is 0.243 e. The Balaban J connectivity index is 2.11. The average molecular weight is 394 g/mol. The number of ether oxygens (including phenoxy) is 1. The molecule has 146 valence electrons. The van der Waals surface area contributed by atoms with Gasteiger partial charge in [-0.1, -0.05) is 25.1 Å². The van der Waals surface area contributed by atoms with Crippen LogP contribution in [0.25, 0.3) is 0 Å². The molecule has 0 radical (unpaired) electrons. The van der Waals surface area contributed by atoms with E-state index in [2.05, 4.69) is 5.32 Å². The van der Waals surface area contributed by atoms with E-state index < -0.39 is 21.7 Å². The maximum absolute atomic E-state index is 13.1. The van der Waals surface area contributed by atoms with Crippen LogP contribution in [0.4, 0.5) is 4.39 Å². The van der Waals surface area contributed by atoms with E-state index in [-0.39, 0.29) is 24.0 Å². The summed E-state index contributed by atoms with van der Waals surface area (Å²) >= 11 is 0. The lowest BCUT2D eigenvalue weighted by Gasteiger charge is -2.22. The van der Waals surface area contributed by atoms with Crippen molar-refractivity contribution in [3.63, 3.8) is 0 Å². The van der Waals surface area contributed by atoms with Gasteiger partial charge < -0.3 is 10.1 Å². The van der Waals surface area contributed by atoms with Gasteiger partial charge in [-0.15, -0.1) is 0 Å². The number of para-hydroxylation sites is 1. The number of methoxy groups -OCH3 is 1. The molecule has 1 amide bonds. The highest BCUT2D eigenvalue weighted by Gasteiger charge is 2.26. The number of likely N-dealkylation sites (N-methyl/N-ethyl adjacent to an activating group) is 1. The SMILES string of the molecule is CCN(CC(=O)N[C@H](C)c1ccccc1OC)S(=O)(=O)c1ccc(F)cc1. The molecule has 0 saturated heterocycles. The fraction of sp³-hybridized carbons (Fsp3) is 0.316. The minimum absolute atomic E-state index is 0.0590. The van der Waals surface area contributed by atoms with Crippen molar-refractivity contribution in [2.24, 2.45) is 0 Å². The van der Waals surface area contributed by atoms with Gasteiger partial charge in [0.1, 0.15) is 11.6 Å². The van der Waals surface area contributed by atoms with Gasteiger partial charge in [-0.25, -0.2) is 12.8 Å². The van der Waals surface area contributed by atoms with Crippen molar-refractivity contribution in [1.29, 1.82) is 0 Å². The van der Waals surface area contributed by atoms with Crippen LogP contribution < -0.4 is 10.1 Å². The van der Waals surface area contributed by atoms with Gasteiger partial charge in [0.15, 0.2) is 0 Å². The minimum atomic E-state index is -3.90. The van der Waals surface area contributed by atoms with Crippen molar-refractivity contribution < 1.29 is 22.3 Å². The van der Waals surface area contributed by atoms with Crippen molar-refractivity contribution in [3.8, 4) is 5.75 Å². The van der Waals surface area contributed by atoms with Crippen LogP contribution in [0.5, 0.6) is 5.75 Å². The first-order valence-electron chi connectivity index (χ1n) is 8.47. The maximum atomic E-state index is 13.1. The van der Waals surface area contributed by atoms with Crippen LogP contribution in [0.15, 0.2) is 53.4 Å². The predicted molar refractivity (Wildman–Crippen MR) is 100 cm³/mol. The van der Waals surface area contributed by atoms with Crippen LogP contribution >= 0.6 is 0 Å². The standard InChI is InChI=1S/C19H23FN2O4S/c1-4-22(27(24,25)16-11-9-15(20)10-12-16)13-19(23)21-14(2)17-7-5-6-8-18(17)26-3/h5-12,14H,4,13H2,1-3H3,(H,21,23)/t14-/m1/s1. The van der Waals surface area contributed by atoms with E-state index in [0.29, 0.717) is 5.75 Å². The Labute approximate surface area is 159 Å². The van der Waals surface area contributed by atoms with Crippen molar-refractivity contribution in [2.75, 3.05) is 20.2 Å². The molecule has 0 heterocycles. The van der Waals surface area contributed by atoms with E-state index in [1.807, 2.05) is 18.2 Å². The molecular formula is C19H23FN2O4S. The third kappa shape index (κ3) is 5.05. The number of hydrogen-bond donors (Lipinski definition) is 1. The summed E-state index contributed by atoms with van der Waals surface area (Å²) in [5.41, 5.74) is 0.790. The molecule has 0 aliphatic carbocycles. The average Bonchev–Trinajstić information content (AvgIpc) is 2.66. The van der Waals surface area contributed by atoms with Gasteiger partial charge in [0.05, 0.1) is 24.6 Å². The van der Waals surface area contributed by atoms with Gasteiger partial charge in [-0.05, 0) is 37.3 Å². The molecule has 6 nitrogen and oxygen atoms in total. The molecule has 0 aliphatic heterocycles. The lowest BCUT2D eigenvalue weighted by molar-refractivity contribution is -0.121. The molecule has 2 aromatic rings. The second-order valence-corrected chi connectivity index (χ2v) is 7.85. The van der Waals surface area contributed by atoms with E-state index in [9.17, 15) is 17.6 Å². The van der Waals surface area contributed by atoms with Crippen molar-refractivity contribution >= 4 is 15.9 Å². The summed E-state index contributed by atoms with van der Waals surface area (Å²) < 4.78 is 44.7. The summed E-state index contributed by atoms with van der Waals surface area (Å²) in [5, 5.41) is 2.78. The number of hydrogen-bond acceptors (Lipinski definition) is 4. The zero-order chi connectivity index (χ0) is 20.0. The quantitative estimate of drug-likeness (QED) is 0.747. The topological polar surface area (TPSA) is 75.7 Å². The lowest BCUT2D eigenvalue weighted by Crippen LogP contribution is -2.41. The molecule has 0 spiro atoms. The van der Waals surface area contributed by atoms with Crippen molar-refractivity contribution in [3.05, 3.63) is 59.9 Å². The highest BCUT2D eigenvalue weighted by molar-refractivity contribution is 7.89. The summed E-state index contributed by atoms with van der Waals surface area (Å²) in [5.74, 6) is -0.335. The van der Waals surface area contributed by atoms with Gasteiger partial charge >= 0.3 is 0 Å². The summed E-state index contributed by atoms with van der Waals surface area (Å²) in [7, 11) is -2.35. The van der Waals surface area contributed by atoms with Gasteiger partial charge in [0.2, 0.25) is 15.9 Å². The first-order valence-corrected chi connectivity index (χ1v) is 9.91. The molecule has 1 atom stereocenters. The summed E-state index contributed by atoms with van der Waals surface area (Å²) in [4.78, 5) is 12.4. The number of sulfonamides is 1.